The van der Waals surface area contributed by atoms with E-state index in [1.807, 2.05) is 48.5 Å². The molecule has 0 amide bonds. The van der Waals surface area contributed by atoms with Crippen LogP contribution in [0.5, 0.6) is 0 Å². The molecule has 0 aliphatic rings. The van der Waals surface area contributed by atoms with Crippen LogP contribution in [0, 0.1) is 0 Å². The maximum atomic E-state index is 13.7. The van der Waals surface area contributed by atoms with Crippen LogP contribution in [0.25, 0.3) is 0 Å². The van der Waals surface area contributed by atoms with Gasteiger partial charge in [-0.2, -0.15) is 0 Å². The van der Waals surface area contributed by atoms with E-state index < -0.39 is 7.26 Å². The van der Waals surface area contributed by atoms with Crippen LogP contribution in [0.4, 0.5) is 0 Å². The summed E-state index contributed by atoms with van der Waals surface area (Å²) >= 11 is 0. The summed E-state index contributed by atoms with van der Waals surface area (Å²) in [5.41, 5.74) is 0.622. The van der Waals surface area contributed by atoms with E-state index >= 15 is 0 Å². The first-order valence-electron chi connectivity index (χ1n) is 10.0. The number of benzene rings is 4. The van der Waals surface area contributed by atoms with E-state index in [1.54, 1.807) is 0 Å². The van der Waals surface area contributed by atoms with Crippen LogP contribution in [-0.4, -0.2) is 11.4 Å². The van der Waals surface area contributed by atoms with Crippen molar-refractivity contribution in [3.05, 3.63) is 127 Å². The number of hydrogen-bond donors (Lipinski definition) is 0. The molecule has 0 aliphatic heterocycles. The van der Waals surface area contributed by atoms with Crippen molar-refractivity contribution in [1.82, 2.24) is 0 Å². The van der Waals surface area contributed by atoms with Gasteiger partial charge in [0.2, 0.25) is 0 Å². The molecule has 144 valence electrons. The minimum absolute atomic E-state index is 0.155. The molecule has 4 aromatic rings. The number of ketones is 1. The molecule has 0 saturated carbocycles. The fraction of sp³-hybridized carbons (Fsp3) is 0.0741. The Hall–Kier alpha value is -3.02. The predicted molar refractivity (Wildman–Crippen MR) is 127 cm³/mol. The Bertz CT molecular complexity index is 964. The number of hydrogen-bond acceptors (Lipinski definition) is 1. The van der Waals surface area contributed by atoms with E-state index in [4.69, 9.17) is 0 Å². The molecule has 0 heterocycles. The van der Waals surface area contributed by atoms with Crippen molar-refractivity contribution in [3.63, 3.8) is 0 Å². The van der Waals surface area contributed by atoms with Crippen molar-refractivity contribution in [2.24, 2.45) is 0 Å². The second-order valence-electron chi connectivity index (χ2n) is 7.36. The van der Waals surface area contributed by atoms with Gasteiger partial charge in [0, 0.05) is 0 Å². The molecule has 2 heteroatoms. The van der Waals surface area contributed by atoms with E-state index in [-0.39, 0.29) is 11.4 Å². The summed E-state index contributed by atoms with van der Waals surface area (Å²) in [6, 6.07) is 41.5. The molecule has 0 aromatic heterocycles. The van der Waals surface area contributed by atoms with Gasteiger partial charge in [0.15, 0.2) is 0 Å². The average Bonchev–Trinajstić information content (AvgIpc) is 2.82. The molecule has 1 nitrogen and oxygen atoms in total. The van der Waals surface area contributed by atoms with Crippen molar-refractivity contribution >= 4 is 29.0 Å². The van der Waals surface area contributed by atoms with E-state index in [0.29, 0.717) is 0 Å². The monoisotopic (exact) mass is 396 g/mol. The molecule has 0 saturated heterocycles. The van der Waals surface area contributed by atoms with Gasteiger partial charge < -0.3 is 0 Å². The van der Waals surface area contributed by atoms with Crippen molar-refractivity contribution < 1.29 is 4.79 Å². The molecule has 1 unspecified atom stereocenters. The molecule has 1 atom stereocenters. The third-order valence-electron chi connectivity index (χ3n) is 5.79. The minimum atomic E-state index is -2.62. The van der Waals surface area contributed by atoms with Crippen LogP contribution < -0.4 is 15.9 Å². The number of carbonyl (C=O) groups is 1. The van der Waals surface area contributed by atoms with Gasteiger partial charge in [0.25, 0.3) is 0 Å². The molecular formula is C27H25OP. The third kappa shape index (κ3) is 3.55. The van der Waals surface area contributed by atoms with Crippen molar-refractivity contribution in [2.45, 2.75) is 12.6 Å². The maximum absolute atomic E-state index is 13.7. The van der Waals surface area contributed by atoms with Gasteiger partial charge in [0.05, 0.1) is 0 Å². The first-order chi connectivity index (χ1) is 14.2. The molecule has 0 N–H and O–H groups in total. The Balaban J connectivity index is 2.01. The van der Waals surface area contributed by atoms with Crippen LogP contribution in [-0.2, 0) is 0 Å². The molecule has 0 aliphatic carbocycles. The predicted octanol–water partition coefficient (Wildman–Crippen LogP) is 4.98. The van der Waals surface area contributed by atoms with Gasteiger partial charge in [0.1, 0.15) is 0 Å². The van der Waals surface area contributed by atoms with Crippen molar-refractivity contribution in [3.8, 4) is 0 Å². The molecule has 0 spiro atoms. The molecular weight excluding hydrogens is 371 g/mol. The fourth-order valence-electron chi connectivity index (χ4n) is 4.40. The van der Waals surface area contributed by atoms with Gasteiger partial charge in [-0.25, -0.2) is 0 Å². The van der Waals surface area contributed by atoms with Crippen LogP contribution in [0.3, 0.4) is 0 Å². The van der Waals surface area contributed by atoms with Crippen LogP contribution in [0.2, 0.25) is 0 Å². The number of carbonyl (C=O) groups excluding carboxylic acids is 1. The van der Waals surface area contributed by atoms with E-state index in [9.17, 15) is 4.79 Å². The first kappa shape index (κ1) is 19.3. The Morgan fingerprint density at radius 1 is 0.552 bits per heavy atom. The van der Waals surface area contributed by atoms with Crippen LogP contribution in [0.15, 0.2) is 121 Å². The Labute approximate surface area is 173 Å². The molecule has 4 aromatic carbocycles. The Morgan fingerprint density at radius 2 is 0.862 bits per heavy atom. The standard InChI is InChI=1S/C27H25OP/c1-22(27(28)23-14-6-2-7-15-23)29(24-16-8-3-9-17-24,25-18-10-4-11-19-25)26-20-12-5-13-21-26/h2-22,29H,1H3. The number of Topliss-reactive ketones (excluding diaryl/α,β-unsaturated/α-hetero) is 1. The van der Waals surface area contributed by atoms with E-state index in [0.717, 1.165) is 5.56 Å². The zero-order valence-corrected chi connectivity index (χ0v) is 17.5. The van der Waals surface area contributed by atoms with E-state index in [1.165, 1.54) is 15.9 Å². The summed E-state index contributed by atoms with van der Waals surface area (Å²) in [5, 5.41) is 3.78. The third-order valence-corrected chi connectivity index (χ3v) is 11.1. The number of rotatable bonds is 6. The SMILES string of the molecule is CC(C(=O)c1ccccc1)[PH](c1ccccc1)(c1ccccc1)c1ccccc1. The van der Waals surface area contributed by atoms with Gasteiger partial charge >= 0.3 is 173 Å². The molecule has 29 heavy (non-hydrogen) atoms. The zero-order valence-electron chi connectivity index (χ0n) is 16.5. The fourth-order valence-corrected chi connectivity index (χ4v) is 9.62. The Kier molecular flexibility index (Phi) is 5.69. The topological polar surface area (TPSA) is 17.1 Å². The second-order valence-corrected chi connectivity index (χ2v) is 11.6. The molecule has 0 radical (unpaired) electrons. The molecule has 0 fully saturated rings. The molecule has 0 bridgehead atoms. The summed E-state index contributed by atoms with van der Waals surface area (Å²) in [7, 11) is -2.62. The second kappa shape index (κ2) is 8.55. The summed E-state index contributed by atoms with van der Waals surface area (Å²) < 4.78 is 0. The van der Waals surface area contributed by atoms with Gasteiger partial charge in [-0.1, -0.05) is 0 Å². The van der Waals surface area contributed by atoms with Crippen molar-refractivity contribution in [2.75, 3.05) is 0 Å². The van der Waals surface area contributed by atoms with Gasteiger partial charge in [-0.3, -0.25) is 0 Å². The Morgan fingerprint density at radius 3 is 1.21 bits per heavy atom. The summed E-state index contributed by atoms with van der Waals surface area (Å²) in [4.78, 5) is 13.7. The first-order valence-corrected chi connectivity index (χ1v) is 12.1. The summed E-state index contributed by atoms with van der Waals surface area (Å²) in [5.74, 6) is 0.203. The van der Waals surface area contributed by atoms with Gasteiger partial charge in [-0.15, -0.1) is 0 Å². The van der Waals surface area contributed by atoms with Crippen molar-refractivity contribution in [1.29, 1.82) is 0 Å². The summed E-state index contributed by atoms with van der Waals surface area (Å²) in [6.45, 7) is 2.12. The normalized spacial score (nSPS) is 12.9. The van der Waals surface area contributed by atoms with Crippen LogP contribution in [0.1, 0.15) is 17.3 Å². The molecule has 4 rings (SSSR count). The quantitative estimate of drug-likeness (QED) is 0.332. The van der Waals surface area contributed by atoms with Gasteiger partial charge in [-0.05, 0) is 0 Å². The summed E-state index contributed by atoms with van der Waals surface area (Å²) in [6.07, 6.45) is 0. The average molecular weight is 396 g/mol. The zero-order chi connectivity index (χ0) is 20.1. The van der Waals surface area contributed by atoms with E-state index in [2.05, 4.69) is 79.7 Å². The van der Waals surface area contributed by atoms with Crippen LogP contribution >= 0.6 is 7.26 Å².